The molecule has 0 unspecified atom stereocenters. The smallest absolute Gasteiger partial charge is 0.433 e. The van der Waals surface area contributed by atoms with Gasteiger partial charge in [0, 0.05) is 17.7 Å². The number of nitrogens with one attached hydrogen (secondary N) is 1. The highest BCUT2D eigenvalue weighted by atomic mass is 35.5. The van der Waals surface area contributed by atoms with Gasteiger partial charge in [0.25, 0.3) is 11.8 Å². The van der Waals surface area contributed by atoms with Gasteiger partial charge in [-0.05, 0) is 61.9 Å². The maximum Gasteiger partial charge on any atom is 0.435 e. The maximum atomic E-state index is 15.6. The second-order valence-electron chi connectivity index (χ2n) is 8.97. The fraction of sp³-hybridized carbons (Fsp3) is 0.259. The van der Waals surface area contributed by atoms with E-state index in [9.17, 15) is 53.5 Å². The van der Waals surface area contributed by atoms with Crippen molar-refractivity contribution in [3.8, 4) is 5.75 Å². The first-order chi connectivity index (χ1) is 20.2. The quantitative estimate of drug-likeness (QED) is 0.246. The minimum Gasteiger partial charge on any atom is -0.433 e. The summed E-state index contributed by atoms with van der Waals surface area (Å²) in [6.45, 7) is -1.25. The molecule has 3 aromatic carbocycles. The van der Waals surface area contributed by atoms with Gasteiger partial charge >= 0.3 is 24.6 Å². The van der Waals surface area contributed by atoms with Gasteiger partial charge in [-0.3, -0.25) is 9.59 Å². The number of hydrogen-bond acceptors (Lipinski definition) is 3. The summed E-state index contributed by atoms with van der Waals surface area (Å²) < 4.78 is 153. The topological polar surface area (TPSA) is 58.6 Å². The van der Waals surface area contributed by atoms with Crippen LogP contribution in [0.5, 0.6) is 5.75 Å². The molecular weight excluding hydrogens is 645 g/mol. The lowest BCUT2D eigenvalue weighted by atomic mass is 9.93. The molecule has 0 aromatic heterocycles. The van der Waals surface area contributed by atoms with E-state index in [4.69, 9.17) is 11.6 Å². The van der Waals surface area contributed by atoms with Crippen LogP contribution < -0.4 is 15.0 Å². The summed E-state index contributed by atoms with van der Waals surface area (Å²) in [6.07, 6.45) is -13.3. The number of ether oxygens (including phenoxy) is 1. The van der Waals surface area contributed by atoms with Crippen LogP contribution in [0.15, 0.2) is 48.5 Å². The van der Waals surface area contributed by atoms with E-state index in [1.54, 1.807) is 5.32 Å². The molecule has 0 aliphatic heterocycles. The predicted octanol–water partition coefficient (Wildman–Crippen LogP) is 8.74. The predicted molar refractivity (Wildman–Crippen MR) is 136 cm³/mol. The lowest BCUT2D eigenvalue weighted by Crippen LogP contribution is -2.50. The van der Waals surface area contributed by atoms with Crippen molar-refractivity contribution in [1.29, 1.82) is 0 Å². The molecule has 0 spiro atoms. The Hall–Kier alpha value is -4.08. The SMILES string of the molecule is CCN(C(=O)c1ccc(F)cc1C)c1cccc(C(=O)Nc2c(Cl)cc(C(F)(C(F)(F)F)C(F)(F)F)cc2OC(F)F)c1F. The van der Waals surface area contributed by atoms with Crippen LogP contribution in [0, 0.1) is 18.6 Å². The number of nitrogens with zero attached hydrogens (tertiary/aromatic N) is 1. The normalized spacial score (nSPS) is 12.3. The van der Waals surface area contributed by atoms with Gasteiger partial charge in [0.05, 0.1) is 16.3 Å². The number of carbonyl (C=O) groups excluding carboxylic acids is 2. The molecular formula is C27H18ClF11N2O3. The van der Waals surface area contributed by atoms with Crippen molar-refractivity contribution in [3.63, 3.8) is 0 Å². The van der Waals surface area contributed by atoms with Gasteiger partial charge in [0.15, 0.2) is 11.6 Å². The first-order valence-electron chi connectivity index (χ1n) is 12.0. The largest absolute Gasteiger partial charge is 0.435 e. The van der Waals surface area contributed by atoms with Gasteiger partial charge in [-0.1, -0.05) is 17.7 Å². The molecule has 2 amide bonds. The average Bonchev–Trinajstić information content (AvgIpc) is 2.89. The van der Waals surface area contributed by atoms with Crippen LogP contribution in [0.1, 0.15) is 38.8 Å². The summed E-state index contributed by atoms with van der Waals surface area (Å²) in [5.41, 5.74) is -10.7. The molecule has 0 aliphatic carbocycles. The van der Waals surface area contributed by atoms with E-state index in [1.807, 2.05) is 0 Å². The number of alkyl halides is 9. The Morgan fingerprint density at radius 2 is 1.55 bits per heavy atom. The highest BCUT2D eigenvalue weighted by Crippen LogP contribution is 2.55. The van der Waals surface area contributed by atoms with Crippen molar-refractivity contribution in [3.05, 3.63) is 87.4 Å². The summed E-state index contributed by atoms with van der Waals surface area (Å²) in [5.74, 6) is -5.97. The van der Waals surface area contributed by atoms with Gasteiger partial charge in [-0.15, -0.1) is 0 Å². The highest BCUT2D eigenvalue weighted by Gasteiger charge is 2.73. The summed E-state index contributed by atoms with van der Waals surface area (Å²) in [5, 5.41) is 0.449. The van der Waals surface area contributed by atoms with Gasteiger partial charge in [-0.2, -0.15) is 35.1 Å². The van der Waals surface area contributed by atoms with Crippen molar-refractivity contribution >= 4 is 34.8 Å². The van der Waals surface area contributed by atoms with Crippen molar-refractivity contribution in [1.82, 2.24) is 0 Å². The summed E-state index contributed by atoms with van der Waals surface area (Å²) >= 11 is 5.72. The Bertz CT molecular complexity index is 1560. The Kier molecular flexibility index (Phi) is 9.77. The minimum absolute atomic E-state index is 0.0233. The van der Waals surface area contributed by atoms with E-state index in [2.05, 4.69) is 4.74 Å². The number of amides is 2. The molecule has 0 saturated carbocycles. The molecule has 0 aliphatic rings. The van der Waals surface area contributed by atoms with Crippen LogP contribution in [0.2, 0.25) is 5.02 Å². The van der Waals surface area contributed by atoms with Crippen molar-refractivity contribution in [2.75, 3.05) is 16.8 Å². The lowest BCUT2D eigenvalue weighted by Gasteiger charge is -2.31. The summed E-state index contributed by atoms with van der Waals surface area (Å²) in [6, 6.07) is 5.58. The second-order valence-corrected chi connectivity index (χ2v) is 9.37. The molecule has 238 valence electrons. The zero-order valence-corrected chi connectivity index (χ0v) is 22.9. The molecule has 1 N–H and O–H groups in total. The molecule has 44 heavy (non-hydrogen) atoms. The molecule has 17 heteroatoms. The second kappa shape index (κ2) is 12.5. The van der Waals surface area contributed by atoms with Crippen LogP contribution in [0.25, 0.3) is 0 Å². The first-order valence-corrected chi connectivity index (χ1v) is 12.4. The Morgan fingerprint density at radius 1 is 0.932 bits per heavy atom. The van der Waals surface area contributed by atoms with Gasteiger partial charge in [0.2, 0.25) is 0 Å². The molecule has 0 atom stereocenters. The van der Waals surface area contributed by atoms with Crippen LogP contribution >= 0.6 is 11.6 Å². The Labute approximate surface area is 246 Å². The number of benzene rings is 3. The van der Waals surface area contributed by atoms with E-state index in [0.29, 0.717) is 0 Å². The highest BCUT2D eigenvalue weighted by molar-refractivity contribution is 6.34. The van der Waals surface area contributed by atoms with Gasteiger partial charge in [0.1, 0.15) is 11.5 Å². The van der Waals surface area contributed by atoms with E-state index in [1.165, 1.54) is 13.8 Å². The fourth-order valence-electron chi connectivity index (χ4n) is 4.10. The zero-order valence-electron chi connectivity index (χ0n) is 22.1. The molecule has 0 saturated heterocycles. The number of anilines is 2. The number of hydrogen-bond donors (Lipinski definition) is 1. The molecule has 3 rings (SSSR count). The first kappa shape index (κ1) is 34.4. The molecule has 0 fully saturated rings. The fourth-order valence-corrected chi connectivity index (χ4v) is 4.36. The van der Waals surface area contributed by atoms with E-state index < -0.39 is 81.4 Å². The third-order valence-corrected chi connectivity index (χ3v) is 6.48. The Morgan fingerprint density at radius 3 is 2.07 bits per heavy atom. The third kappa shape index (κ3) is 6.54. The standard InChI is InChI=1S/C27H18ClF11N2O3/c1-3-41(23(43)15-8-7-14(29)9-12(15)2)18-6-4-5-16(20(18)30)22(42)40-21-17(28)10-13(11-19(21)44-24(31)32)25(33,26(34,35)36)27(37,38)39/h4-11,24H,3H2,1-2H3,(H,40,42). The third-order valence-electron chi connectivity index (χ3n) is 6.18. The number of carbonyl (C=O) groups is 2. The molecule has 3 aromatic rings. The zero-order chi connectivity index (χ0) is 33.4. The Balaban J connectivity index is 2.08. The minimum atomic E-state index is -6.64. The lowest BCUT2D eigenvalue weighted by molar-refractivity contribution is -0.348. The van der Waals surface area contributed by atoms with Crippen LogP contribution in [-0.4, -0.2) is 37.3 Å². The van der Waals surface area contributed by atoms with Crippen molar-refractivity contribution < 1.29 is 62.6 Å². The van der Waals surface area contributed by atoms with Crippen molar-refractivity contribution in [2.24, 2.45) is 0 Å². The van der Waals surface area contributed by atoms with Gasteiger partial charge in [-0.25, -0.2) is 13.2 Å². The summed E-state index contributed by atoms with van der Waals surface area (Å²) in [7, 11) is 0. The molecule has 0 bridgehead atoms. The van der Waals surface area contributed by atoms with Gasteiger partial charge < -0.3 is 15.0 Å². The number of rotatable bonds is 8. The number of halogens is 12. The molecule has 0 heterocycles. The van der Waals surface area contributed by atoms with E-state index >= 15 is 4.39 Å². The van der Waals surface area contributed by atoms with E-state index in [-0.39, 0.29) is 29.8 Å². The monoisotopic (exact) mass is 662 g/mol. The molecule has 5 nitrogen and oxygen atoms in total. The van der Waals surface area contributed by atoms with Crippen LogP contribution in [-0.2, 0) is 5.67 Å². The number of aryl methyl sites for hydroxylation is 1. The maximum absolute atomic E-state index is 15.6. The summed E-state index contributed by atoms with van der Waals surface area (Å²) in [4.78, 5) is 27.0. The van der Waals surface area contributed by atoms with Crippen molar-refractivity contribution in [2.45, 2.75) is 38.5 Å². The molecule has 0 radical (unpaired) electrons. The van der Waals surface area contributed by atoms with Crippen LogP contribution in [0.4, 0.5) is 59.7 Å². The van der Waals surface area contributed by atoms with Crippen LogP contribution in [0.3, 0.4) is 0 Å². The van der Waals surface area contributed by atoms with E-state index in [0.717, 1.165) is 41.3 Å². The average molecular weight is 663 g/mol.